The first-order valence-corrected chi connectivity index (χ1v) is 16.1. The Morgan fingerprint density at radius 1 is 0.850 bits per heavy atom. The van der Waals surface area contributed by atoms with Gasteiger partial charge in [0, 0.05) is 11.6 Å². The van der Waals surface area contributed by atoms with Crippen molar-refractivity contribution in [3.05, 3.63) is 101 Å². The molecule has 3 atom stereocenters. The maximum atomic E-state index is 13.5. The molecule has 0 unspecified atom stereocenters. The minimum atomic E-state index is -3.12. The van der Waals surface area contributed by atoms with Gasteiger partial charge >= 0.3 is 14.7 Å². The van der Waals surface area contributed by atoms with Gasteiger partial charge in [-0.3, -0.25) is 4.90 Å². The third-order valence-electron chi connectivity index (χ3n) is 7.41. The van der Waals surface area contributed by atoms with Crippen molar-refractivity contribution < 1.29 is 18.4 Å². The van der Waals surface area contributed by atoms with Crippen molar-refractivity contribution in [2.45, 2.75) is 91.2 Å². The molecule has 40 heavy (non-hydrogen) atoms. The van der Waals surface area contributed by atoms with Gasteiger partial charge in [-0.2, -0.15) is 0 Å². The number of hydrogen-bond acceptors (Lipinski definition) is 4. The van der Waals surface area contributed by atoms with Gasteiger partial charge in [0.2, 0.25) is 0 Å². The molecule has 0 spiro atoms. The van der Waals surface area contributed by atoms with Crippen LogP contribution in [0.5, 0.6) is 0 Å². The Labute approximate surface area is 241 Å². The lowest BCUT2D eigenvalue weighted by Crippen LogP contribution is -2.62. The fourth-order valence-electron chi connectivity index (χ4n) is 5.33. The third-order valence-corrected chi connectivity index (χ3v) is 11.7. The third kappa shape index (κ3) is 6.85. The highest BCUT2D eigenvalue weighted by Gasteiger charge is 2.55. The van der Waals surface area contributed by atoms with E-state index in [2.05, 4.69) is 95.3 Å². The average molecular weight is 560 g/mol. The zero-order valence-electron chi connectivity index (χ0n) is 25.4. The number of carbonyl (C=O) groups excluding carboxylic acids is 1. The summed E-state index contributed by atoms with van der Waals surface area (Å²) < 4.78 is 20.3. The lowest BCUT2D eigenvalue weighted by molar-refractivity contribution is 0.0129. The molecule has 1 heterocycles. The van der Waals surface area contributed by atoms with E-state index < -0.39 is 14.2 Å². The molecular formula is C34H45NO4Si. The van der Waals surface area contributed by atoms with Crippen molar-refractivity contribution in [2.24, 2.45) is 0 Å². The van der Waals surface area contributed by atoms with Crippen LogP contribution in [0.2, 0.25) is 5.04 Å². The number of aryl methyl sites for hydroxylation is 2. The molecule has 0 N–H and O–H groups in total. The lowest BCUT2D eigenvalue weighted by Gasteiger charge is -2.44. The summed E-state index contributed by atoms with van der Waals surface area (Å²) >= 11 is 0. The van der Waals surface area contributed by atoms with Gasteiger partial charge < -0.3 is 13.6 Å². The van der Waals surface area contributed by atoms with E-state index in [-0.39, 0.29) is 23.3 Å². The summed E-state index contributed by atoms with van der Waals surface area (Å²) in [5.41, 5.74) is 3.93. The summed E-state index contributed by atoms with van der Waals surface area (Å²) in [6.07, 6.45) is 0.134. The van der Waals surface area contributed by atoms with Gasteiger partial charge in [-0.25, -0.2) is 4.79 Å². The van der Waals surface area contributed by atoms with E-state index >= 15 is 0 Å². The average Bonchev–Trinajstić information content (AvgIpc) is 3.30. The summed E-state index contributed by atoms with van der Waals surface area (Å²) in [4.78, 5) is 15.3. The number of amides is 1. The molecule has 1 saturated heterocycles. The van der Waals surface area contributed by atoms with Gasteiger partial charge in [-0.15, -0.1) is 0 Å². The second-order valence-corrected chi connectivity index (χ2v) is 16.8. The largest absolute Gasteiger partial charge is 0.444 e. The number of benzene rings is 3. The Hall–Kier alpha value is -2.93. The minimum absolute atomic E-state index is 0.252. The molecule has 4 rings (SSSR count). The fourth-order valence-corrected chi connectivity index (χ4v) is 9.00. The fraction of sp³-hybridized carbons (Fsp3) is 0.441. The SMILES string of the molecule is Cc1ccc([C@H]2[C@@H](O[Si@@](OCc3ccccc3)(c3ccc(C)cc3)C(C)(C)C)CCN2C(=O)OC(C)(C)C)cc1. The molecule has 0 aliphatic carbocycles. The van der Waals surface area contributed by atoms with Crippen molar-refractivity contribution in [3.63, 3.8) is 0 Å². The van der Waals surface area contributed by atoms with Gasteiger partial charge in [-0.05, 0) is 57.4 Å². The van der Waals surface area contributed by atoms with Gasteiger partial charge in [-0.1, -0.05) is 111 Å². The van der Waals surface area contributed by atoms with E-state index in [1.165, 1.54) is 11.1 Å². The van der Waals surface area contributed by atoms with Gasteiger partial charge in [0.05, 0.1) is 18.8 Å². The number of carbonyl (C=O) groups is 1. The van der Waals surface area contributed by atoms with Crippen molar-refractivity contribution in [1.29, 1.82) is 0 Å². The van der Waals surface area contributed by atoms with E-state index in [1.807, 2.05) is 43.9 Å². The second kappa shape index (κ2) is 11.9. The lowest BCUT2D eigenvalue weighted by atomic mass is 10.0. The van der Waals surface area contributed by atoms with Crippen LogP contribution in [0.15, 0.2) is 78.9 Å². The Bertz CT molecular complexity index is 1260. The first-order chi connectivity index (χ1) is 18.8. The molecule has 1 aliphatic heterocycles. The number of ether oxygens (including phenoxy) is 1. The van der Waals surface area contributed by atoms with Crippen molar-refractivity contribution in [1.82, 2.24) is 4.90 Å². The molecule has 0 saturated carbocycles. The molecule has 3 aromatic rings. The predicted molar refractivity (Wildman–Crippen MR) is 164 cm³/mol. The molecule has 1 amide bonds. The van der Waals surface area contributed by atoms with Crippen molar-refractivity contribution in [2.75, 3.05) is 6.54 Å². The van der Waals surface area contributed by atoms with E-state index in [0.717, 1.165) is 16.3 Å². The Kier molecular flexibility index (Phi) is 8.93. The van der Waals surface area contributed by atoms with Crippen LogP contribution >= 0.6 is 0 Å². The van der Waals surface area contributed by atoms with E-state index in [1.54, 1.807) is 0 Å². The molecule has 3 aromatic carbocycles. The first-order valence-electron chi connectivity index (χ1n) is 14.3. The number of rotatable bonds is 7. The Balaban J connectivity index is 1.78. The normalized spacial score (nSPS) is 19.4. The molecule has 6 heteroatoms. The van der Waals surface area contributed by atoms with Crippen LogP contribution in [0, 0.1) is 13.8 Å². The molecule has 0 radical (unpaired) electrons. The highest BCUT2D eigenvalue weighted by atomic mass is 28.4. The number of nitrogens with zero attached hydrogens (tertiary/aromatic N) is 1. The first kappa shape index (κ1) is 30.0. The molecule has 1 fully saturated rings. The predicted octanol–water partition coefficient (Wildman–Crippen LogP) is 7.74. The topological polar surface area (TPSA) is 48.0 Å². The minimum Gasteiger partial charge on any atom is -0.444 e. The quantitative estimate of drug-likeness (QED) is 0.278. The van der Waals surface area contributed by atoms with E-state index in [4.69, 9.17) is 13.6 Å². The van der Waals surface area contributed by atoms with Gasteiger partial charge in [0.1, 0.15) is 5.60 Å². The molecular weight excluding hydrogens is 514 g/mol. The van der Waals surface area contributed by atoms with Crippen molar-refractivity contribution in [3.8, 4) is 0 Å². The van der Waals surface area contributed by atoms with Crippen molar-refractivity contribution >= 4 is 19.8 Å². The molecule has 5 nitrogen and oxygen atoms in total. The van der Waals surface area contributed by atoms with Crippen LogP contribution in [-0.2, 0) is 20.2 Å². The maximum Gasteiger partial charge on any atom is 0.410 e. The zero-order chi connectivity index (χ0) is 29.1. The van der Waals surface area contributed by atoms with Gasteiger partial charge in [0.25, 0.3) is 0 Å². The maximum absolute atomic E-state index is 13.5. The summed E-state index contributed by atoms with van der Waals surface area (Å²) in [6, 6.07) is 27.0. The summed E-state index contributed by atoms with van der Waals surface area (Å²) in [6.45, 7) is 17.5. The summed E-state index contributed by atoms with van der Waals surface area (Å²) in [5, 5.41) is 0.800. The van der Waals surface area contributed by atoms with Crippen LogP contribution in [0.25, 0.3) is 0 Å². The zero-order valence-corrected chi connectivity index (χ0v) is 26.4. The number of likely N-dealkylation sites (tertiary alicyclic amines) is 1. The summed E-state index contributed by atoms with van der Waals surface area (Å²) in [5.74, 6) is 0. The molecule has 0 bridgehead atoms. The highest BCUT2D eigenvalue weighted by molar-refractivity contribution is 6.83. The highest BCUT2D eigenvalue weighted by Crippen LogP contribution is 2.44. The standard InChI is InChI=1S/C34H45NO4Si/c1-25-14-18-28(19-15-25)31-30(22-23-35(31)32(36)38-33(3,4)5)39-40(34(6,7)8,29-20-16-26(2)17-21-29)37-24-27-12-10-9-11-13-27/h9-21,30-31H,22-24H2,1-8H3/t30-,31-,40-/m0/s1. The second-order valence-electron chi connectivity index (χ2n) is 13.0. The Morgan fingerprint density at radius 2 is 1.43 bits per heavy atom. The molecule has 1 aliphatic rings. The van der Waals surface area contributed by atoms with E-state index in [0.29, 0.717) is 19.6 Å². The van der Waals surface area contributed by atoms with Crippen LogP contribution in [0.4, 0.5) is 4.79 Å². The molecule has 214 valence electrons. The van der Waals surface area contributed by atoms with Crippen LogP contribution < -0.4 is 5.19 Å². The summed E-state index contributed by atoms with van der Waals surface area (Å²) in [7, 11) is -3.12. The van der Waals surface area contributed by atoms with E-state index in [9.17, 15) is 4.79 Å². The Morgan fingerprint density at radius 3 is 1.98 bits per heavy atom. The smallest absolute Gasteiger partial charge is 0.410 e. The van der Waals surface area contributed by atoms with Crippen LogP contribution in [0.1, 0.15) is 76.3 Å². The van der Waals surface area contributed by atoms with Gasteiger partial charge in [0.15, 0.2) is 0 Å². The molecule has 0 aromatic heterocycles. The number of hydrogen-bond donors (Lipinski definition) is 0. The van der Waals surface area contributed by atoms with Crippen LogP contribution in [0.3, 0.4) is 0 Å². The monoisotopic (exact) mass is 559 g/mol. The van der Waals surface area contributed by atoms with Crippen LogP contribution in [-0.4, -0.2) is 37.8 Å².